The van der Waals surface area contributed by atoms with Crippen LogP contribution in [0.2, 0.25) is 0 Å². The predicted octanol–water partition coefficient (Wildman–Crippen LogP) is 0.271. The van der Waals surface area contributed by atoms with Gasteiger partial charge in [0, 0.05) is 6.04 Å². The molecule has 0 saturated heterocycles. The zero-order valence-corrected chi connectivity index (χ0v) is 5.33. The minimum atomic E-state index is -0.486. The second-order valence-corrected chi connectivity index (χ2v) is 1.88. The largest absolute Gasteiger partial charge is 0.387 e. The van der Waals surface area contributed by atoms with Crippen LogP contribution in [-0.2, 0) is 0 Å². The molecule has 0 fully saturated rings. The van der Waals surface area contributed by atoms with E-state index in [9.17, 15) is 0 Å². The summed E-state index contributed by atoms with van der Waals surface area (Å²) in [6.45, 7) is 3.62. The molecule has 0 radical (unpaired) electrons. The fourth-order valence-corrected chi connectivity index (χ4v) is 0.372. The Kier molecular flexibility index (Phi) is 3.48. The molecule has 3 N–H and O–H groups in total. The molecule has 2 nitrogen and oxygen atoms in total. The van der Waals surface area contributed by atoms with E-state index < -0.39 is 6.10 Å². The number of aliphatic hydroxyl groups is 1. The van der Waals surface area contributed by atoms with Crippen molar-refractivity contribution in [2.75, 3.05) is 0 Å². The predicted molar refractivity (Wildman–Crippen MR) is 34.5 cm³/mol. The molecule has 0 heterocycles. The molecule has 2 atom stereocenters. The number of aliphatic hydroxyl groups excluding tert-OH is 1. The Hall–Kier alpha value is -0.340. The highest BCUT2D eigenvalue weighted by molar-refractivity contribution is 4.89. The third kappa shape index (κ3) is 2.77. The third-order valence-corrected chi connectivity index (χ3v) is 0.928. The molecule has 0 aliphatic rings. The maximum Gasteiger partial charge on any atom is 0.0869 e. The van der Waals surface area contributed by atoms with Crippen molar-refractivity contribution in [3.05, 3.63) is 12.2 Å². The zero-order valence-electron chi connectivity index (χ0n) is 5.33. The van der Waals surface area contributed by atoms with Gasteiger partial charge in [-0.3, -0.25) is 0 Å². The smallest absolute Gasteiger partial charge is 0.0869 e. The molecule has 0 aromatic carbocycles. The molecule has 0 bridgehead atoms. The molecule has 2 unspecified atom stereocenters. The minimum Gasteiger partial charge on any atom is -0.387 e. The third-order valence-electron chi connectivity index (χ3n) is 0.928. The Bertz CT molecular complexity index is 78.6. The highest BCUT2D eigenvalue weighted by Crippen LogP contribution is 1.89. The van der Waals surface area contributed by atoms with Crippen molar-refractivity contribution in [1.29, 1.82) is 0 Å². The van der Waals surface area contributed by atoms with Crippen molar-refractivity contribution in [3.63, 3.8) is 0 Å². The van der Waals surface area contributed by atoms with Crippen molar-refractivity contribution >= 4 is 0 Å². The summed E-state index contributed by atoms with van der Waals surface area (Å²) in [6, 6.07) is -0.161. The molecule has 8 heavy (non-hydrogen) atoms. The average molecular weight is 115 g/mol. The first kappa shape index (κ1) is 7.66. The van der Waals surface area contributed by atoms with E-state index in [4.69, 9.17) is 10.8 Å². The van der Waals surface area contributed by atoms with Crippen molar-refractivity contribution in [1.82, 2.24) is 0 Å². The first-order valence-corrected chi connectivity index (χ1v) is 2.75. The summed E-state index contributed by atoms with van der Waals surface area (Å²) >= 11 is 0. The van der Waals surface area contributed by atoms with E-state index in [1.807, 2.05) is 6.92 Å². The molecule has 0 saturated carbocycles. The molecule has 2 heteroatoms. The molecule has 0 aliphatic carbocycles. The Morgan fingerprint density at radius 2 is 2.12 bits per heavy atom. The molecule has 0 aliphatic heterocycles. The number of allylic oxidation sites excluding steroid dienone is 1. The normalized spacial score (nSPS) is 19.0. The summed E-state index contributed by atoms with van der Waals surface area (Å²) < 4.78 is 0. The van der Waals surface area contributed by atoms with Gasteiger partial charge in [-0.1, -0.05) is 12.2 Å². The lowest BCUT2D eigenvalue weighted by atomic mass is 10.2. The molecule has 0 aromatic heterocycles. The van der Waals surface area contributed by atoms with E-state index in [2.05, 4.69) is 0 Å². The molecule has 0 amide bonds. The van der Waals surface area contributed by atoms with Gasteiger partial charge < -0.3 is 10.8 Å². The Labute approximate surface area is 50.0 Å². The topological polar surface area (TPSA) is 46.2 Å². The van der Waals surface area contributed by atoms with E-state index >= 15 is 0 Å². The van der Waals surface area contributed by atoms with Gasteiger partial charge in [0.15, 0.2) is 0 Å². The average Bonchev–Trinajstić information content (AvgIpc) is 1.67. The van der Waals surface area contributed by atoms with Crippen molar-refractivity contribution in [3.8, 4) is 0 Å². The molecule has 0 spiro atoms. The number of hydrogen-bond acceptors (Lipinski definition) is 2. The van der Waals surface area contributed by atoms with E-state index in [0.717, 1.165) is 0 Å². The van der Waals surface area contributed by atoms with Gasteiger partial charge in [-0.05, 0) is 13.8 Å². The fourth-order valence-electron chi connectivity index (χ4n) is 0.372. The van der Waals surface area contributed by atoms with Gasteiger partial charge in [0.05, 0.1) is 6.10 Å². The van der Waals surface area contributed by atoms with Crippen LogP contribution in [0.3, 0.4) is 0 Å². The first-order chi connectivity index (χ1) is 3.68. The van der Waals surface area contributed by atoms with Crippen LogP contribution in [0.5, 0.6) is 0 Å². The van der Waals surface area contributed by atoms with Gasteiger partial charge in [0.2, 0.25) is 0 Å². The summed E-state index contributed by atoms with van der Waals surface area (Å²) in [6.07, 6.45) is 2.97. The highest BCUT2D eigenvalue weighted by Gasteiger charge is 2.01. The second-order valence-electron chi connectivity index (χ2n) is 1.88. The molecular formula is C6H13NO. The van der Waals surface area contributed by atoms with Crippen LogP contribution in [0.4, 0.5) is 0 Å². The van der Waals surface area contributed by atoms with E-state index in [0.29, 0.717) is 0 Å². The van der Waals surface area contributed by atoms with Gasteiger partial charge in [-0.15, -0.1) is 0 Å². The maximum atomic E-state index is 8.91. The monoisotopic (exact) mass is 115 g/mol. The Morgan fingerprint density at radius 1 is 1.62 bits per heavy atom. The van der Waals surface area contributed by atoms with Gasteiger partial charge in [0.25, 0.3) is 0 Å². The van der Waals surface area contributed by atoms with E-state index in [1.54, 1.807) is 19.1 Å². The Balaban J connectivity index is 3.47. The van der Waals surface area contributed by atoms with Crippen LogP contribution in [-0.4, -0.2) is 17.3 Å². The number of rotatable bonds is 2. The van der Waals surface area contributed by atoms with Crippen LogP contribution in [0, 0.1) is 0 Å². The summed E-state index contributed by atoms with van der Waals surface area (Å²) in [7, 11) is 0. The van der Waals surface area contributed by atoms with Gasteiger partial charge in [0.1, 0.15) is 0 Å². The second kappa shape index (κ2) is 3.64. The molecular weight excluding hydrogens is 102 g/mol. The van der Waals surface area contributed by atoms with Crippen LogP contribution < -0.4 is 5.73 Å². The van der Waals surface area contributed by atoms with Gasteiger partial charge in [-0.2, -0.15) is 0 Å². The number of hydrogen-bond donors (Lipinski definition) is 2. The van der Waals surface area contributed by atoms with Gasteiger partial charge >= 0.3 is 0 Å². The van der Waals surface area contributed by atoms with Crippen molar-refractivity contribution in [2.24, 2.45) is 5.73 Å². The lowest BCUT2D eigenvalue weighted by molar-refractivity contribution is 0.198. The lowest BCUT2D eigenvalue weighted by Crippen LogP contribution is -2.29. The zero-order chi connectivity index (χ0) is 6.57. The summed E-state index contributed by atoms with van der Waals surface area (Å²) in [5.41, 5.74) is 5.32. The van der Waals surface area contributed by atoms with Crippen LogP contribution >= 0.6 is 0 Å². The maximum absolute atomic E-state index is 8.91. The van der Waals surface area contributed by atoms with Crippen molar-refractivity contribution < 1.29 is 5.11 Å². The number of nitrogens with two attached hydrogens (primary N) is 1. The van der Waals surface area contributed by atoms with Crippen LogP contribution in [0.25, 0.3) is 0 Å². The Morgan fingerprint density at radius 3 is 2.25 bits per heavy atom. The summed E-state index contributed by atoms with van der Waals surface area (Å²) in [5, 5.41) is 8.91. The highest BCUT2D eigenvalue weighted by atomic mass is 16.3. The summed E-state index contributed by atoms with van der Waals surface area (Å²) in [5.74, 6) is 0. The van der Waals surface area contributed by atoms with Crippen molar-refractivity contribution in [2.45, 2.75) is 26.0 Å². The molecule has 0 aromatic rings. The summed E-state index contributed by atoms with van der Waals surface area (Å²) in [4.78, 5) is 0. The van der Waals surface area contributed by atoms with E-state index in [-0.39, 0.29) is 6.04 Å². The molecule has 0 rings (SSSR count). The van der Waals surface area contributed by atoms with Gasteiger partial charge in [-0.25, -0.2) is 0 Å². The fraction of sp³-hybridized carbons (Fsp3) is 0.667. The SMILES string of the molecule is C/C=C/C(O)C(C)N. The first-order valence-electron chi connectivity index (χ1n) is 2.75. The van der Waals surface area contributed by atoms with Crippen LogP contribution in [0.15, 0.2) is 12.2 Å². The quantitative estimate of drug-likeness (QED) is 0.507. The van der Waals surface area contributed by atoms with Crippen LogP contribution in [0.1, 0.15) is 13.8 Å². The van der Waals surface area contributed by atoms with E-state index in [1.165, 1.54) is 0 Å². The molecule has 48 valence electrons. The standard InChI is InChI=1S/C6H13NO/c1-3-4-6(8)5(2)7/h3-6,8H,7H2,1-2H3/b4-3+. The lowest BCUT2D eigenvalue weighted by Gasteiger charge is -2.07. The minimum absolute atomic E-state index is 0.161.